The first-order valence-corrected chi connectivity index (χ1v) is 7.23. The van der Waals surface area contributed by atoms with Crippen molar-refractivity contribution in [3.8, 4) is 0 Å². The number of nitrogens with two attached hydrogens (primary N) is 1. The van der Waals surface area contributed by atoms with E-state index in [0.717, 1.165) is 5.56 Å². The molecule has 0 bridgehead atoms. The number of rotatable bonds is 3. The minimum atomic E-state index is -0.267. The fraction of sp³-hybridized carbons (Fsp3) is 0.562. The predicted molar refractivity (Wildman–Crippen MR) is 86.4 cm³/mol. The maximum Gasteiger partial charge on any atom is 0.227 e. The summed E-state index contributed by atoms with van der Waals surface area (Å²) in [6.07, 6.45) is 0.172. The predicted octanol–water partition coefficient (Wildman–Crippen LogP) is 2.38. The maximum atomic E-state index is 12.6. The summed E-state index contributed by atoms with van der Waals surface area (Å²) in [6, 6.07) is 9.53. The van der Waals surface area contributed by atoms with Crippen molar-refractivity contribution in [3.63, 3.8) is 0 Å². The van der Waals surface area contributed by atoms with E-state index in [0.29, 0.717) is 13.1 Å². The average molecular weight is 313 g/mol. The molecule has 0 spiro atoms. The molecule has 1 aromatic carbocycles. The lowest BCUT2D eigenvalue weighted by atomic mass is 9.94. The standard InChI is InChI=1S/C16H24N2O2.ClH/c1-11-9-18(10-12(2)20-11)16(19)13(3)15(17)14-7-5-4-6-8-14;/h4-8,11-13,15H,9-10,17H2,1-3H3;1H/t11-,12+,13?,15?;. The highest BCUT2D eigenvalue weighted by molar-refractivity contribution is 5.85. The van der Waals surface area contributed by atoms with Crippen molar-refractivity contribution in [2.24, 2.45) is 11.7 Å². The van der Waals surface area contributed by atoms with Gasteiger partial charge in [0.15, 0.2) is 0 Å². The topological polar surface area (TPSA) is 55.6 Å². The van der Waals surface area contributed by atoms with Crippen molar-refractivity contribution in [2.45, 2.75) is 39.0 Å². The van der Waals surface area contributed by atoms with E-state index in [2.05, 4.69) is 0 Å². The summed E-state index contributed by atoms with van der Waals surface area (Å²) < 4.78 is 5.67. The van der Waals surface area contributed by atoms with Crippen LogP contribution in [-0.2, 0) is 9.53 Å². The van der Waals surface area contributed by atoms with Crippen LogP contribution in [0.25, 0.3) is 0 Å². The van der Waals surface area contributed by atoms with Crippen LogP contribution in [0.3, 0.4) is 0 Å². The third-order valence-corrected chi connectivity index (χ3v) is 3.84. The Morgan fingerprint density at radius 3 is 2.29 bits per heavy atom. The van der Waals surface area contributed by atoms with Gasteiger partial charge in [0, 0.05) is 19.1 Å². The summed E-state index contributed by atoms with van der Waals surface area (Å²) >= 11 is 0. The lowest BCUT2D eigenvalue weighted by molar-refractivity contribution is -0.147. The molecule has 2 N–H and O–H groups in total. The highest BCUT2D eigenvalue weighted by Crippen LogP contribution is 2.22. The Bertz CT molecular complexity index is 445. The molecule has 21 heavy (non-hydrogen) atoms. The van der Waals surface area contributed by atoms with Crippen molar-refractivity contribution >= 4 is 18.3 Å². The molecule has 0 aliphatic carbocycles. The number of morpholine rings is 1. The third kappa shape index (κ3) is 4.43. The Balaban J connectivity index is 0.00000220. The number of hydrogen-bond acceptors (Lipinski definition) is 3. The van der Waals surface area contributed by atoms with Crippen LogP contribution in [0.5, 0.6) is 0 Å². The summed E-state index contributed by atoms with van der Waals surface area (Å²) in [6.45, 7) is 7.20. The van der Waals surface area contributed by atoms with E-state index in [1.165, 1.54) is 0 Å². The van der Waals surface area contributed by atoms with Crippen LogP contribution in [0.2, 0.25) is 0 Å². The Hall–Kier alpha value is -1.10. The molecule has 4 atom stereocenters. The van der Waals surface area contributed by atoms with Crippen LogP contribution in [0.15, 0.2) is 30.3 Å². The van der Waals surface area contributed by atoms with Gasteiger partial charge < -0.3 is 15.4 Å². The molecule has 5 heteroatoms. The molecule has 118 valence electrons. The van der Waals surface area contributed by atoms with Crippen molar-refractivity contribution in [3.05, 3.63) is 35.9 Å². The lowest BCUT2D eigenvalue weighted by Gasteiger charge is -2.37. The molecular weight excluding hydrogens is 288 g/mol. The molecule has 1 saturated heterocycles. The van der Waals surface area contributed by atoms with Gasteiger partial charge in [0.1, 0.15) is 0 Å². The SMILES string of the molecule is CC(C(=O)N1C[C@@H](C)O[C@@H](C)C1)C(N)c1ccccc1.Cl. The van der Waals surface area contributed by atoms with E-state index in [4.69, 9.17) is 10.5 Å². The number of amides is 1. The highest BCUT2D eigenvalue weighted by atomic mass is 35.5. The van der Waals surface area contributed by atoms with E-state index in [1.807, 2.05) is 56.0 Å². The molecule has 0 saturated carbocycles. The van der Waals surface area contributed by atoms with E-state index in [1.54, 1.807) is 0 Å². The van der Waals surface area contributed by atoms with Crippen LogP contribution >= 0.6 is 12.4 Å². The molecule has 1 heterocycles. The minimum Gasteiger partial charge on any atom is -0.372 e. The number of carbonyl (C=O) groups excluding carboxylic acids is 1. The quantitative estimate of drug-likeness (QED) is 0.932. The number of ether oxygens (including phenoxy) is 1. The zero-order chi connectivity index (χ0) is 14.7. The molecule has 0 radical (unpaired) electrons. The monoisotopic (exact) mass is 312 g/mol. The molecule has 4 nitrogen and oxygen atoms in total. The molecule has 1 fully saturated rings. The van der Waals surface area contributed by atoms with Crippen LogP contribution in [-0.4, -0.2) is 36.1 Å². The van der Waals surface area contributed by atoms with Crippen LogP contribution in [0.1, 0.15) is 32.4 Å². The largest absolute Gasteiger partial charge is 0.372 e. The fourth-order valence-corrected chi connectivity index (χ4v) is 2.76. The highest BCUT2D eigenvalue weighted by Gasteiger charge is 2.31. The molecule has 1 amide bonds. The second kappa shape index (κ2) is 7.78. The lowest BCUT2D eigenvalue weighted by Crippen LogP contribution is -2.50. The van der Waals surface area contributed by atoms with Crippen LogP contribution < -0.4 is 5.73 Å². The number of hydrogen-bond donors (Lipinski definition) is 1. The second-order valence-corrected chi connectivity index (χ2v) is 5.73. The fourth-order valence-electron chi connectivity index (χ4n) is 2.76. The summed E-state index contributed by atoms with van der Waals surface area (Å²) in [5, 5.41) is 0. The van der Waals surface area contributed by atoms with Gasteiger partial charge in [-0.05, 0) is 19.4 Å². The normalized spacial score (nSPS) is 24.9. The van der Waals surface area contributed by atoms with Crippen LogP contribution in [0, 0.1) is 5.92 Å². The molecule has 1 aliphatic rings. The Morgan fingerprint density at radius 1 is 1.24 bits per heavy atom. The summed E-state index contributed by atoms with van der Waals surface area (Å²) in [5.74, 6) is -0.113. The van der Waals surface area contributed by atoms with Crippen LogP contribution in [0.4, 0.5) is 0 Å². The zero-order valence-corrected chi connectivity index (χ0v) is 13.7. The third-order valence-electron chi connectivity index (χ3n) is 3.84. The van der Waals surface area contributed by atoms with Gasteiger partial charge in [-0.25, -0.2) is 0 Å². The molecule has 2 rings (SSSR count). The number of benzene rings is 1. The van der Waals surface area contributed by atoms with Gasteiger partial charge in [-0.1, -0.05) is 37.3 Å². The molecule has 1 aliphatic heterocycles. The van der Waals surface area contributed by atoms with E-state index in [-0.39, 0.29) is 42.5 Å². The smallest absolute Gasteiger partial charge is 0.227 e. The van der Waals surface area contributed by atoms with Gasteiger partial charge >= 0.3 is 0 Å². The number of nitrogens with zero attached hydrogens (tertiary/aromatic N) is 1. The van der Waals surface area contributed by atoms with E-state index < -0.39 is 0 Å². The first-order chi connectivity index (χ1) is 9.49. The van der Waals surface area contributed by atoms with E-state index >= 15 is 0 Å². The first kappa shape index (κ1) is 18.0. The van der Waals surface area contributed by atoms with Gasteiger partial charge in [0.2, 0.25) is 5.91 Å². The number of carbonyl (C=O) groups is 1. The average Bonchev–Trinajstić information content (AvgIpc) is 2.45. The maximum absolute atomic E-state index is 12.6. The summed E-state index contributed by atoms with van der Waals surface area (Å²) in [4.78, 5) is 14.5. The molecule has 1 aromatic rings. The van der Waals surface area contributed by atoms with Crippen molar-refractivity contribution in [1.29, 1.82) is 0 Å². The van der Waals surface area contributed by atoms with Gasteiger partial charge in [-0.15, -0.1) is 12.4 Å². The number of halogens is 1. The van der Waals surface area contributed by atoms with Crippen molar-refractivity contribution in [1.82, 2.24) is 4.90 Å². The second-order valence-electron chi connectivity index (χ2n) is 5.73. The molecule has 2 unspecified atom stereocenters. The molecule has 0 aromatic heterocycles. The van der Waals surface area contributed by atoms with Gasteiger partial charge in [0.05, 0.1) is 18.1 Å². The summed E-state index contributed by atoms with van der Waals surface area (Å²) in [7, 11) is 0. The van der Waals surface area contributed by atoms with E-state index in [9.17, 15) is 4.79 Å². The Morgan fingerprint density at radius 2 is 1.76 bits per heavy atom. The Labute approximate surface area is 133 Å². The van der Waals surface area contributed by atoms with Crippen molar-refractivity contribution < 1.29 is 9.53 Å². The van der Waals surface area contributed by atoms with Gasteiger partial charge in [-0.2, -0.15) is 0 Å². The Kier molecular flexibility index (Phi) is 6.65. The van der Waals surface area contributed by atoms with Gasteiger partial charge in [-0.3, -0.25) is 4.79 Å². The minimum absolute atomic E-state index is 0. The van der Waals surface area contributed by atoms with Gasteiger partial charge in [0.25, 0.3) is 0 Å². The van der Waals surface area contributed by atoms with Crippen molar-refractivity contribution in [2.75, 3.05) is 13.1 Å². The zero-order valence-electron chi connectivity index (χ0n) is 12.9. The summed E-state index contributed by atoms with van der Waals surface area (Å²) in [5.41, 5.74) is 7.24. The molecular formula is C16H25ClN2O2. The first-order valence-electron chi connectivity index (χ1n) is 7.23.